The fraction of sp³-hybridized carbons (Fsp3) is 0.385. The van der Waals surface area contributed by atoms with Gasteiger partial charge in [-0.15, -0.1) is 0 Å². The van der Waals surface area contributed by atoms with Gasteiger partial charge in [0.2, 0.25) is 0 Å². The van der Waals surface area contributed by atoms with Crippen LogP contribution in [0.15, 0.2) is 24.3 Å². The molecule has 1 fully saturated rings. The Kier molecular flexibility index (Phi) is 4.37. The van der Waals surface area contributed by atoms with Crippen LogP contribution in [0.1, 0.15) is 35.2 Å². The van der Waals surface area contributed by atoms with E-state index in [1.807, 2.05) is 10.8 Å². The minimum absolute atomic E-state index is 0.157. The van der Waals surface area contributed by atoms with Gasteiger partial charge in [-0.3, -0.25) is 4.79 Å². The average Bonchev–Trinajstić information content (AvgIpc) is 2.48. The second-order valence-electron chi connectivity index (χ2n) is 4.59. The van der Waals surface area contributed by atoms with Crippen molar-refractivity contribution in [2.45, 2.75) is 19.3 Å². The van der Waals surface area contributed by atoms with E-state index in [-0.39, 0.29) is 5.56 Å². The lowest BCUT2D eigenvalue weighted by Crippen LogP contribution is -2.45. The van der Waals surface area contributed by atoms with Gasteiger partial charge in [0.05, 0.1) is 11.6 Å². The van der Waals surface area contributed by atoms with E-state index in [9.17, 15) is 13.2 Å². The third-order valence-electron chi connectivity index (χ3n) is 3.13. The summed E-state index contributed by atoms with van der Waals surface area (Å²) in [5.41, 5.74) is 0.470. The predicted octanol–water partition coefficient (Wildman–Crippen LogP) is 1.02. The number of nitrogens with zero attached hydrogens (tertiary/aromatic N) is 2. The van der Waals surface area contributed by atoms with Gasteiger partial charge in [-0.1, -0.05) is 12.5 Å². The standard InChI is InChI=1S/C13H15N3O3S/c14-10-11-5-4-6-12(9-11)13(17)15-20(18,19)16-7-2-1-3-8-16/h4-6,9H,1-3,7-8H2,(H,15,17). The molecule has 7 heteroatoms. The number of nitriles is 1. The summed E-state index contributed by atoms with van der Waals surface area (Å²) in [4.78, 5) is 11.9. The molecule has 1 aromatic rings. The molecule has 0 bridgehead atoms. The number of amides is 1. The molecule has 2 rings (SSSR count). The van der Waals surface area contributed by atoms with Gasteiger partial charge in [-0.25, -0.2) is 4.72 Å². The highest BCUT2D eigenvalue weighted by Gasteiger charge is 2.26. The summed E-state index contributed by atoms with van der Waals surface area (Å²) in [5.74, 6) is -0.715. The molecule has 1 heterocycles. The number of rotatable bonds is 3. The van der Waals surface area contributed by atoms with Gasteiger partial charge in [0.15, 0.2) is 0 Å². The monoisotopic (exact) mass is 293 g/mol. The second-order valence-corrected chi connectivity index (χ2v) is 6.26. The minimum Gasteiger partial charge on any atom is -0.268 e. The van der Waals surface area contributed by atoms with Crippen molar-refractivity contribution in [1.29, 1.82) is 5.26 Å². The number of hydrogen-bond donors (Lipinski definition) is 1. The topological polar surface area (TPSA) is 90.3 Å². The van der Waals surface area contributed by atoms with Crippen molar-refractivity contribution >= 4 is 16.1 Å². The first-order chi connectivity index (χ1) is 9.53. The van der Waals surface area contributed by atoms with Gasteiger partial charge in [0.25, 0.3) is 5.91 Å². The summed E-state index contributed by atoms with van der Waals surface area (Å²) >= 11 is 0. The molecular weight excluding hydrogens is 278 g/mol. The Hall–Kier alpha value is -1.91. The van der Waals surface area contributed by atoms with Crippen molar-refractivity contribution in [3.63, 3.8) is 0 Å². The second kappa shape index (κ2) is 6.03. The molecule has 1 amide bonds. The third kappa shape index (κ3) is 3.35. The van der Waals surface area contributed by atoms with E-state index in [4.69, 9.17) is 5.26 Å². The zero-order chi connectivity index (χ0) is 14.6. The lowest BCUT2D eigenvalue weighted by atomic mass is 10.1. The number of piperidine rings is 1. The third-order valence-corrected chi connectivity index (χ3v) is 4.62. The first kappa shape index (κ1) is 14.5. The Balaban J connectivity index is 2.12. The maximum Gasteiger partial charge on any atom is 0.304 e. The highest BCUT2D eigenvalue weighted by Crippen LogP contribution is 2.12. The summed E-state index contributed by atoms with van der Waals surface area (Å²) in [5, 5.41) is 8.77. The van der Waals surface area contributed by atoms with E-state index in [0.29, 0.717) is 18.7 Å². The number of nitrogens with one attached hydrogen (secondary N) is 1. The van der Waals surface area contributed by atoms with Crippen LogP contribution in [0.4, 0.5) is 0 Å². The highest BCUT2D eigenvalue weighted by molar-refractivity contribution is 7.87. The normalized spacial score (nSPS) is 16.4. The van der Waals surface area contributed by atoms with Crippen LogP contribution in [0, 0.1) is 11.3 Å². The fourth-order valence-corrected chi connectivity index (χ4v) is 3.30. The van der Waals surface area contributed by atoms with Crippen LogP contribution < -0.4 is 4.72 Å². The number of carbonyl (C=O) groups excluding carboxylic acids is 1. The van der Waals surface area contributed by atoms with E-state index in [1.54, 1.807) is 12.1 Å². The maximum absolute atomic E-state index is 12.1. The average molecular weight is 293 g/mol. The summed E-state index contributed by atoms with van der Waals surface area (Å²) in [6, 6.07) is 7.84. The zero-order valence-electron chi connectivity index (χ0n) is 10.9. The molecule has 0 unspecified atom stereocenters. The molecule has 0 aliphatic carbocycles. The Bertz CT molecular complexity index is 643. The van der Waals surface area contributed by atoms with Gasteiger partial charge in [-0.2, -0.15) is 18.0 Å². The van der Waals surface area contributed by atoms with Gasteiger partial charge in [0, 0.05) is 18.7 Å². The molecule has 1 aromatic carbocycles. The summed E-state index contributed by atoms with van der Waals surface area (Å²) in [6.45, 7) is 0.863. The molecule has 1 aliphatic rings. The maximum atomic E-state index is 12.1. The van der Waals surface area contributed by atoms with Crippen LogP contribution in [-0.2, 0) is 10.2 Å². The Labute approximate surface area is 118 Å². The molecule has 20 heavy (non-hydrogen) atoms. The fourth-order valence-electron chi connectivity index (χ4n) is 2.08. The molecule has 1 aliphatic heterocycles. The number of carbonyl (C=O) groups is 1. The van der Waals surface area contributed by atoms with Crippen molar-refractivity contribution in [2.75, 3.05) is 13.1 Å². The van der Waals surface area contributed by atoms with E-state index in [1.165, 1.54) is 16.4 Å². The molecule has 0 radical (unpaired) electrons. The van der Waals surface area contributed by atoms with Crippen LogP contribution in [0.2, 0.25) is 0 Å². The zero-order valence-corrected chi connectivity index (χ0v) is 11.7. The lowest BCUT2D eigenvalue weighted by molar-refractivity contribution is 0.0978. The molecule has 106 valence electrons. The molecule has 0 aromatic heterocycles. The van der Waals surface area contributed by atoms with Crippen molar-refractivity contribution in [2.24, 2.45) is 0 Å². The summed E-state index contributed by atoms with van der Waals surface area (Å²) in [7, 11) is -3.80. The highest BCUT2D eigenvalue weighted by atomic mass is 32.2. The van der Waals surface area contributed by atoms with Gasteiger partial charge < -0.3 is 0 Å². The largest absolute Gasteiger partial charge is 0.304 e. The van der Waals surface area contributed by atoms with Crippen molar-refractivity contribution in [3.8, 4) is 6.07 Å². The Morgan fingerprint density at radius 2 is 1.95 bits per heavy atom. The number of benzene rings is 1. The molecule has 1 N–H and O–H groups in total. The van der Waals surface area contributed by atoms with Gasteiger partial charge in [0.1, 0.15) is 0 Å². The molecule has 1 saturated heterocycles. The van der Waals surface area contributed by atoms with Crippen LogP contribution in [0.5, 0.6) is 0 Å². The van der Waals surface area contributed by atoms with Crippen molar-refractivity contribution in [3.05, 3.63) is 35.4 Å². The molecule has 0 spiro atoms. The van der Waals surface area contributed by atoms with E-state index in [0.717, 1.165) is 19.3 Å². The Morgan fingerprint density at radius 3 is 2.60 bits per heavy atom. The van der Waals surface area contributed by atoms with E-state index in [2.05, 4.69) is 0 Å². The predicted molar refractivity (Wildman–Crippen MR) is 73.0 cm³/mol. The molecule has 0 atom stereocenters. The summed E-state index contributed by atoms with van der Waals surface area (Å²) < 4.78 is 27.4. The van der Waals surface area contributed by atoms with Gasteiger partial charge in [-0.05, 0) is 31.0 Å². The Morgan fingerprint density at radius 1 is 1.25 bits per heavy atom. The smallest absolute Gasteiger partial charge is 0.268 e. The van der Waals surface area contributed by atoms with Gasteiger partial charge >= 0.3 is 10.2 Å². The minimum atomic E-state index is -3.80. The lowest BCUT2D eigenvalue weighted by Gasteiger charge is -2.25. The molecule has 6 nitrogen and oxygen atoms in total. The molecular formula is C13H15N3O3S. The first-order valence-corrected chi connectivity index (χ1v) is 7.79. The quantitative estimate of drug-likeness (QED) is 0.900. The molecule has 0 saturated carbocycles. The van der Waals surface area contributed by atoms with Crippen LogP contribution in [0.25, 0.3) is 0 Å². The summed E-state index contributed by atoms with van der Waals surface area (Å²) in [6.07, 6.45) is 2.61. The number of hydrogen-bond acceptors (Lipinski definition) is 4. The van der Waals surface area contributed by atoms with Crippen LogP contribution in [0.3, 0.4) is 0 Å². The van der Waals surface area contributed by atoms with Crippen molar-refractivity contribution < 1.29 is 13.2 Å². The van der Waals surface area contributed by atoms with Crippen LogP contribution >= 0.6 is 0 Å². The van der Waals surface area contributed by atoms with Crippen LogP contribution in [-0.4, -0.2) is 31.7 Å². The SMILES string of the molecule is N#Cc1cccc(C(=O)NS(=O)(=O)N2CCCCC2)c1. The van der Waals surface area contributed by atoms with Crippen molar-refractivity contribution in [1.82, 2.24) is 9.03 Å². The first-order valence-electron chi connectivity index (χ1n) is 6.35. The van der Waals surface area contributed by atoms with E-state index < -0.39 is 16.1 Å². The van der Waals surface area contributed by atoms with E-state index >= 15 is 0 Å².